The summed E-state index contributed by atoms with van der Waals surface area (Å²) in [4.78, 5) is 18.1. The molecule has 5 aromatic rings. The van der Waals surface area contributed by atoms with Gasteiger partial charge >= 0.3 is 0 Å². The summed E-state index contributed by atoms with van der Waals surface area (Å²) in [6.07, 6.45) is 2.10. The van der Waals surface area contributed by atoms with E-state index >= 15 is 0 Å². The fourth-order valence-corrected chi connectivity index (χ4v) is 5.46. The molecule has 3 aromatic carbocycles. The molecule has 0 atom stereocenters. The Bertz CT molecular complexity index is 1360. The van der Waals surface area contributed by atoms with Gasteiger partial charge in [0.25, 0.3) is 0 Å². The van der Waals surface area contributed by atoms with Gasteiger partial charge in [-0.1, -0.05) is 71.5 Å². The standard InChI is InChI=1S/C24H18ClN3OS2/c25-18-9-3-1-7-16(18)13-28-14-22(17-8-2-5-11-20(17)28)30-15-23(29)27-24-26-19-10-4-6-12-21(19)31-24/h1-12,14H,13,15H2,(H,26,27,29). The summed E-state index contributed by atoms with van der Waals surface area (Å²) in [5, 5.41) is 5.45. The first kappa shape index (κ1) is 20.1. The molecule has 0 aliphatic rings. The van der Waals surface area contributed by atoms with Gasteiger partial charge in [-0.25, -0.2) is 4.98 Å². The van der Waals surface area contributed by atoms with Crippen LogP contribution in [-0.4, -0.2) is 21.2 Å². The van der Waals surface area contributed by atoms with Crippen molar-refractivity contribution in [2.75, 3.05) is 11.1 Å². The molecule has 0 unspecified atom stereocenters. The highest BCUT2D eigenvalue weighted by molar-refractivity contribution is 8.00. The Labute approximate surface area is 192 Å². The topological polar surface area (TPSA) is 46.9 Å². The second-order valence-electron chi connectivity index (χ2n) is 7.05. The van der Waals surface area contributed by atoms with Gasteiger partial charge < -0.3 is 9.88 Å². The van der Waals surface area contributed by atoms with Crippen molar-refractivity contribution in [1.29, 1.82) is 0 Å². The number of thiazole rings is 1. The summed E-state index contributed by atoms with van der Waals surface area (Å²) in [5.41, 5.74) is 3.09. The lowest BCUT2D eigenvalue weighted by molar-refractivity contribution is -0.113. The van der Waals surface area contributed by atoms with Crippen LogP contribution in [0.25, 0.3) is 21.1 Å². The van der Waals surface area contributed by atoms with Crippen LogP contribution in [-0.2, 0) is 11.3 Å². The van der Waals surface area contributed by atoms with Gasteiger partial charge in [-0.3, -0.25) is 4.79 Å². The van der Waals surface area contributed by atoms with E-state index in [1.807, 2.05) is 60.7 Å². The summed E-state index contributed by atoms with van der Waals surface area (Å²) in [6.45, 7) is 0.679. The van der Waals surface area contributed by atoms with Crippen molar-refractivity contribution in [1.82, 2.24) is 9.55 Å². The van der Waals surface area contributed by atoms with Gasteiger partial charge in [-0.05, 0) is 29.8 Å². The zero-order chi connectivity index (χ0) is 21.2. The Morgan fingerprint density at radius 1 is 1.03 bits per heavy atom. The number of benzene rings is 3. The molecule has 0 saturated carbocycles. The van der Waals surface area contributed by atoms with E-state index in [2.05, 4.69) is 33.2 Å². The quantitative estimate of drug-likeness (QED) is 0.285. The van der Waals surface area contributed by atoms with Gasteiger partial charge in [-0.2, -0.15) is 0 Å². The fraction of sp³-hybridized carbons (Fsp3) is 0.0833. The van der Waals surface area contributed by atoms with Crippen molar-refractivity contribution < 1.29 is 4.79 Å². The lowest BCUT2D eigenvalue weighted by Crippen LogP contribution is -2.13. The fourth-order valence-electron chi connectivity index (χ4n) is 3.49. The van der Waals surface area contributed by atoms with Crippen molar-refractivity contribution in [3.05, 3.63) is 89.6 Å². The average molecular weight is 464 g/mol. The first-order chi connectivity index (χ1) is 15.2. The molecule has 4 nitrogen and oxygen atoms in total. The number of hydrogen-bond acceptors (Lipinski definition) is 4. The van der Waals surface area contributed by atoms with Crippen LogP contribution in [0, 0.1) is 0 Å². The van der Waals surface area contributed by atoms with Gasteiger partial charge in [0.05, 0.1) is 16.0 Å². The molecular formula is C24H18ClN3OS2. The number of hydrogen-bond donors (Lipinski definition) is 1. The summed E-state index contributed by atoms with van der Waals surface area (Å²) < 4.78 is 3.25. The van der Waals surface area contributed by atoms with Crippen LogP contribution in [0.1, 0.15) is 5.56 Å². The molecule has 1 N–H and O–H groups in total. The third-order valence-electron chi connectivity index (χ3n) is 4.95. The second-order valence-corrected chi connectivity index (χ2v) is 9.51. The number of anilines is 1. The Morgan fingerprint density at radius 3 is 2.68 bits per heavy atom. The predicted molar refractivity (Wildman–Crippen MR) is 131 cm³/mol. The van der Waals surface area contributed by atoms with Crippen molar-refractivity contribution in [2.24, 2.45) is 0 Å². The van der Waals surface area contributed by atoms with E-state index in [0.29, 0.717) is 17.4 Å². The van der Waals surface area contributed by atoms with Crippen LogP contribution in [0.2, 0.25) is 5.02 Å². The van der Waals surface area contributed by atoms with E-state index in [0.717, 1.165) is 36.6 Å². The second kappa shape index (κ2) is 8.75. The maximum atomic E-state index is 12.6. The zero-order valence-electron chi connectivity index (χ0n) is 16.4. The van der Waals surface area contributed by atoms with E-state index in [9.17, 15) is 4.79 Å². The van der Waals surface area contributed by atoms with E-state index in [1.165, 1.54) is 23.1 Å². The molecule has 5 rings (SSSR count). The van der Waals surface area contributed by atoms with E-state index < -0.39 is 0 Å². The van der Waals surface area contributed by atoms with Crippen molar-refractivity contribution in [3.8, 4) is 0 Å². The van der Waals surface area contributed by atoms with Crippen LogP contribution in [0.3, 0.4) is 0 Å². The van der Waals surface area contributed by atoms with E-state index in [1.54, 1.807) is 0 Å². The molecule has 0 aliphatic carbocycles. The molecule has 31 heavy (non-hydrogen) atoms. The van der Waals surface area contributed by atoms with Gasteiger partial charge in [0.15, 0.2) is 5.13 Å². The maximum absolute atomic E-state index is 12.6. The molecule has 0 fully saturated rings. The lowest BCUT2D eigenvalue weighted by atomic mass is 10.2. The number of fused-ring (bicyclic) bond motifs is 2. The Balaban J connectivity index is 1.33. The summed E-state index contributed by atoms with van der Waals surface area (Å²) in [7, 11) is 0. The van der Waals surface area contributed by atoms with Crippen molar-refractivity contribution >= 4 is 66.9 Å². The largest absolute Gasteiger partial charge is 0.342 e. The molecule has 2 aromatic heterocycles. The maximum Gasteiger partial charge on any atom is 0.236 e. The highest BCUT2D eigenvalue weighted by Gasteiger charge is 2.13. The summed E-state index contributed by atoms with van der Waals surface area (Å²) in [6, 6.07) is 24.0. The first-order valence-corrected chi connectivity index (χ1v) is 11.9. The molecule has 0 saturated heterocycles. The molecule has 0 radical (unpaired) electrons. The van der Waals surface area contributed by atoms with Crippen LogP contribution in [0.15, 0.2) is 83.9 Å². The number of aromatic nitrogens is 2. The summed E-state index contributed by atoms with van der Waals surface area (Å²) >= 11 is 9.38. The lowest BCUT2D eigenvalue weighted by Gasteiger charge is -2.07. The third-order valence-corrected chi connectivity index (χ3v) is 7.31. The number of carbonyl (C=O) groups excluding carboxylic acids is 1. The Kier molecular flexibility index (Phi) is 5.68. The third kappa shape index (κ3) is 4.32. The van der Waals surface area contributed by atoms with E-state index in [4.69, 9.17) is 11.6 Å². The van der Waals surface area contributed by atoms with Crippen molar-refractivity contribution in [3.63, 3.8) is 0 Å². The van der Waals surface area contributed by atoms with Gasteiger partial charge in [0, 0.05) is 33.6 Å². The Morgan fingerprint density at radius 2 is 1.81 bits per heavy atom. The zero-order valence-corrected chi connectivity index (χ0v) is 18.8. The van der Waals surface area contributed by atoms with Crippen LogP contribution in [0.5, 0.6) is 0 Å². The number of rotatable bonds is 6. The minimum Gasteiger partial charge on any atom is -0.342 e. The smallest absolute Gasteiger partial charge is 0.236 e. The average Bonchev–Trinajstić information content (AvgIpc) is 3.35. The first-order valence-electron chi connectivity index (χ1n) is 9.77. The number of amides is 1. The summed E-state index contributed by atoms with van der Waals surface area (Å²) in [5.74, 6) is 0.253. The molecule has 0 spiro atoms. The molecule has 7 heteroatoms. The SMILES string of the molecule is O=C(CSc1cn(Cc2ccccc2Cl)c2ccccc12)Nc1nc2ccccc2s1. The molecule has 2 heterocycles. The molecule has 0 aliphatic heterocycles. The molecule has 154 valence electrons. The number of nitrogens with one attached hydrogen (secondary N) is 1. The normalized spacial score (nSPS) is 11.3. The number of carbonyl (C=O) groups is 1. The monoisotopic (exact) mass is 463 g/mol. The van der Waals surface area contributed by atoms with Gasteiger partial charge in [0.2, 0.25) is 5.91 Å². The number of thioether (sulfide) groups is 1. The van der Waals surface area contributed by atoms with Gasteiger partial charge in [-0.15, -0.1) is 11.8 Å². The van der Waals surface area contributed by atoms with Gasteiger partial charge in [0.1, 0.15) is 0 Å². The number of para-hydroxylation sites is 2. The molecule has 0 bridgehead atoms. The van der Waals surface area contributed by atoms with Crippen LogP contribution >= 0.6 is 34.7 Å². The van der Waals surface area contributed by atoms with E-state index in [-0.39, 0.29) is 5.91 Å². The minimum atomic E-state index is -0.0630. The highest BCUT2D eigenvalue weighted by Crippen LogP contribution is 2.32. The molecule has 1 amide bonds. The number of nitrogens with zero attached hydrogens (tertiary/aromatic N) is 2. The van der Waals surface area contributed by atoms with Crippen molar-refractivity contribution in [2.45, 2.75) is 11.4 Å². The van der Waals surface area contributed by atoms with Crippen LogP contribution < -0.4 is 5.32 Å². The van der Waals surface area contributed by atoms with Crippen LogP contribution in [0.4, 0.5) is 5.13 Å². The Hall–Kier alpha value is -2.80. The number of halogens is 1. The minimum absolute atomic E-state index is 0.0630. The predicted octanol–water partition coefficient (Wildman–Crippen LogP) is 6.68. The molecular weight excluding hydrogens is 446 g/mol. The highest BCUT2D eigenvalue weighted by atomic mass is 35.5.